The number of fused-ring (bicyclic) bond motifs is 1. The maximum atomic E-state index is 11.6. The van der Waals surface area contributed by atoms with Crippen molar-refractivity contribution in [3.8, 4) is 0 Å². The Morgan fingerprint density at radius 3 is 2.65 bits per heavy atom. The van der Waals surface area contributed by atoms with E-state index in [1.165, 1.54) is 12.1 Å². The van der Waals surface area contributed by atoms with Crippen molar-refractivity contribution in [2.75, 3.05) is 12.4 Å². The second-order valence-corrected chi connectivity index (χ2v) is 5.27. The van der Waals surface area contributed by atoms with Crippen molar-refractivity contribution in [1.29, 1.82) is 0 Å². The van der Waals surface area contributed by atoms with Gasteiger partial charge in [0.1, 0.15) is 5.56 Å². The lowest BCUT2D eigenvalue weighted by Gasteiger charge is -2.32. The minimum absolute atomic E-state index is 0.172. The van der Waals surface area contributed by atoms with Gasteiger partial charge in [-0.3, -0.25) is 14.9 Å². The van der Waals surface area contributed by atoms with Crippen molar-refractivity contribution in [2.24, 2.45) is 0 Å². The highest BCUT2D eigenvalue weighted by atomic mass is 16.6. The molecule has 2 rings (SSSR count). The van der Waals surface area contributed by atoms with Crippen LogP contribution in [0.4, 0.5) is 11.4 Å². The lowest BCUT2D eigenvalue weighted by Crippen LogP contribution is -2.32. The average Bonchev–Trinajstić information content (AvgIpc) is 2.35. The van der Waals surface area contributed by atoms with E-state index in [1.54, 1.807) is 0 Å². The largest absolute Gasteiger partial charge is 0.465 e. The molecule has 0 bridgehead atoms. The standard InChI is InChI=1S/C13H14N2O5/c1-13(2)6-11(16)14-9-4-7(12(17)20-3)10(15(18)19)5-8(9)13/h4-5H,6H2,1-3H3,(H,14,16). The lowest BCUT2D eigenvalue weighted by molar-refractivity contribution is -0.385. The fourth-order valence-corrected chi connectivity index (χ4v) is 2.37. The highest BCUT2D eigenvalue weighted by Gasteiger charge is 2.35. The maximum absolute atomic E-state index is 11.6. The minimum atomic E-state index is -0.808. The molecule has 0 spiro atoms. The van der Waals surface area contributed by atoms with Crippen molar-refractivity contribution < 1.29 is 19.2 Å². The number of carbonyl (C=O) groups is 2. The molecule has 0 saturated heterocycles. The summed E-state index contributed by atoms with van der Waals surface area (Å²) < 4.78 is 4.54. The SMILES string of the molecule is COC(=O)c1cc2c(cc1[N+](=O)[O-])C(C)(C)CC(=O)N2. The van der Waals surface area contributed by atoms with Crippen molar-refractivity contribution in [3.05, 3.63) is 33.4 Å². The predicted molar refractivity (Wildman–Crippen MR) is 70.7 cm³/mol. The Morgan fingerprint density at radius 2 is 2.10 bits per heavy atom. The molecule has 0 aliphatic carbocycles. The van der Waals surface area contributed by atoms with Crippen molar-refractivity contribution >= 4 is 23.3 Å². The average molecular weight is 278 g/mol. The summed E-state index contributed by atoms with van der Waals surface area (Å²) in [7, 11) is 1.15. The smallest absolute Gasteiger partial charge is 0.344 e. The third-order valence-electron chi connectivity index (χ3n) is 3.34. The molecular formula is C13H14N2O5. The Kier molecular flexibility index (Phi) is 3.21. The quantitative estimate of drug-likeness (QED) is 0.506. The highest BCUT2D eigenvalue weighted by molar-refractivity contribution is 6.00. The number of hydrogen-bond acceptors (Lipinski definition) is 5. The summed E-state index contributed by atoms with van der Waals surface area (Å²) in [5, 5.41) is 13.7. The Bertz CT molecular complexity index is 621. The van der Waals surface area contributed by atoms with E-state index in [0.29, 0.717) is 11.3 Å². The molecule has 1 N–H and O–H groups in total. The Morgan fingerprint density at radius 1 is 1.45 bits per heavy atom. The first-order valence-corrected chi connectivity index (χ1v) is 5.97. The first kappa shape index (κ1) is 14.0. The molecule has 0 aromatic heterocycles. The molecule has 1 aromatic carbocycles. The van der Waals surface area contributed by atoms with Crippen molar-refractivity contribution in [3.63, 3.8) is 0 Å². The van der Waals surface area contributed by atoms with Crippen LogP contribution in [0, 0.1) is 10.1 Å². The number of nitro benzene ring substituents is 1. The van der Waals surface area contributed by atoms with E-state index >= 15 is 0 Å². The van der Waals surface area contributed by atoms with Gasteiger partial charge in [-0.05, 0) is 11.6 Å². The second-order valence-electron chi connectivity index (χ2n) is 5.27. The van der Waals surface area contributed by atoms with Crippen LogP contribution in [-0.2, 0) is 14.9 Å². The van der Waals surface area contributed by atoms with Crippen LogP contribution in [0.5, 0.6) is 0 Å². The third kappa shape index (κ3) is 2.22. The number of ether oxygens (including phenoxy) is 1. The number of nitro groups is 1. The first-order chi connectivity index (χ1) is 9.26. The number of methoxy groups -OCH3 is 1. The third-order valence-corrected chi connectivity index (χ3v) is 3.34. The summed E-state index contributed by atoms with van der Waals surface area (Å²) in [5.74, 6) is -0.996. The minimum Gasteiger partial charge on any atom is -0.465 e. The van der Waals surface area contributed by atoms with Gasteiger partial charge < -0.3 is 10.1 Å². The summed E-state index contributed by atoms with van der Waals surface area (Å²) in [5.41, 5.74) is 0.0274. The second kappa shape index (κ2) is 4.59. The van der Waals surface area contributed by atoms with Crippen LogP contribution < -0.4 is 5.32 Å². The summed E-state index contributed by atoms with van der Waals surface area (Å²) in [6, 6.07) is 2.64. The molecule has 0 radical (unpaired) electrons. The Hall–Kier alpha value is -2.44. The molecular weight excluding hydrogens is 264 g/mol. The van der Waals surface area contributed by atoms with Gasteiger partial charge in [0.2, 0.25) is 5.91 Å². The van der Waals surface area contributed by atoms with Gasteiger partial charge >= 0.3 is 5.97 Å². The molecule has 0 unspecified atom stereocenters. The zero-order chi connectivity index (χ0) is 15.1. The van der Waals surface area contributed by atoms with Gasteiger partial charge in [0, 0.05) is 23.6 Å². The van der Waals surface area contributed by atoms with Crippen LogP contribution in [0.3, 0.4) is 0 Å². The highest BCUT2D eigenvalue weighted by Crippen LogP contribution is 2.40. The molecule has 106 valence electrons. The van der Waals surface area contributed by atoms with Crippen LogP contribution in [0.1, 0.15) is 36.2 Å². The number of anilines is 1. The van der Waals surface area contributed by atoms with Gasteiger partial charge in [-0.2, -0.15) is 0 Å². The topological polar surface area (TPSA) is 98.5 Å². The van der Waals surface area contributed by atoms with E-state index in [1.807, 2.05) is 13.8 Å². The molecule has 1 aliphatic rings. The molecule has 1 aromatic rings. The molecule has 1 heterocycles. The van der Waals surface area contributed by atoms with Gasteiger partial charge in [-0.25, -0.2) is 4.79 Å². The van der Waals surface area contributed by atoms with Crippen LogP contribution in [-0.4, -0.2) is 23.9 Å². The number of esters is 1. The van der Waals surface area contributed by atoms with Gasteiger partial charge in [0.25, 0.3) is 5.69 Å². The summed E-state index contributed by atoms with van der Waals surface area (Å²) >= 11 is 0. The monoisotopic (exact) mass is 278 g/mol. The predicted octanol–water partition coefficient (Wildman–Crippen LogP) is 2.00. The zero-order valence-corrected chi connectivity index (χ0v) is 11.4. The molecule has 7 nitrogen and oxygen atoms in total. The van der Waals surface area contributed by atoms with Crippen molar-refractivity contribution in [1.82, 2.24) is 0 Å². The van der Waals surface area contributed by atoms with E-state index in [2.05, 4.69) is 10.1 Å². The Balaban J connectivity index is 2.70. The normalized spacial score (nSPS) is 16.1. The lowest BCUT2D eigenvalue weighted by atomic mass is 9.77. The zero-order valence-electron chi connectivity index (χ0n) is 11.4. The van der Waals surface area contributed by atoms with Crippen LogP contribution in [0.15, 0.2) is 12.1 Å². The fraction of sp³-hybridized carbons (Fsp3) is 0.385. The molecule has 1 aliphatic heterocycles. The molecule has 1 amide bonds. The number of nitrogens with zero attached hydrogens (tertiary/aromatic N) is 1. The number of carbonyl (C=O) groups excluding carboxylic acids is 2. The maximum Gasteiger partial charge on any atom is 0.344 e. The van der Waals surface area contributed by atoms with Crippen LogP contribution >= 0.6 is 0 Å². The molecule has 0 saturated carbocycles. The van der Waals surface area contributed by atoms with Crippen LogP contribution in [0.2, 0.25) is 0 Å². The van der Waals surface area contributed by atoms with Gasteiger partial charge in [0.05, 0.1) is 12.0 Å². The number of amides is 1. The Labute approximate surface area is 115 Å². The van der Waals surface area contributed by atoms with Crippen molar-refractivity contribution in [2.45, 2.75) is 25.7 Å². The summed E-state index contributed by atoms with van der Waals surface area (Å²) in [6.07, 6.45) is 0.231. The molecule has 0 fully saturated rings. The van der Waals surface area contributed by atoms with E-state index in [9.17, 15) is 19.7 Å². The number of nitrogens with one attached hydrogen (secondary N) is 1. The van der Waals surface area contributed by atoms with E-state index in [-0.39, 0.29) is 23.6 Å². The van der Waals surface area contributed by atoms with Gasteiger partial charge in [-0.15, -0.1) is 0 Å². The van der Waals surface area contributed by atoms with Gasteiger partial charge in [0.15, 0.2) is 0 Å². The summed E-state index contributed by atoms with van der Waals surface area (Å²) in [4.78, 5) is 33.8. The molecule has 0 atom stereocenters. The molecule has 7 heteroatoms. The summed E-state index contributed by atoms with van der Waals surface area (Å²) in [6.45, 7) is 3.65. The van der Waals surface area contributed by atoms with E-state index < -0.39 is 16.3 Å². The number of rotatable bonds is 2. The van der Waals surface area contributed by atoms with E-state index in [0.717, 1.165) is 7.11 Å². The fourth-order valence-electron chi connectivity index (χ4n) is 2.37. The number of hydrogen-bond donors (Lipinski definition) is 1. The van der Waals surface area contributed by atoms with Gasteiger partial charge in [-0.1, -0.05) is 13.8 Å². The van der Waals surface area contributed by atoms with Crippen LogP contribution in [0.25, 0.3) is 0 Å². The van der Waals surface area contributed by atoms with E-state index in [4.69, 9.17) is 0 Å². The molecule has 20 heavy (non-hydrogen) atoms. The first-order valence-electron chi connectivity index (χ1n) is 5.97. The number of benzene rings is 1.